The SMILES string of the molecule is CCC1CCc2ccc3c(ccc4ccccc43)c2C1.O=C(O)c1ccc(C(=O)O)cc1. The normalized spacial score (nSPS) is 15.0. The van der Waals surface area contributed by atoms with Crippen LogP contribution in [0.25, 0.3) is 21.5 Å². The molecule has 0 bridgehead atoms. The van der Waals surface area contributed by atoms with Crippen LogP contribution in [0.4, 0.5) is 0 Å². The highest BCUT2D eigenvalue weighted by molar-refractivity contribution is 6.08. The average molecular weight is 427 g/mol. The fourth-order valence-electron chi connectivity index (χ4n) is 4.53. The van der Waals surface area contributed by atoms with Gasteiger partial charge in [0.15, 0.2) is 0 Å². The molecule has 0 amide bonds. The molecular weight excluding hydrogens is 400 g/mol. The zero-order valence-electron chi connectivity index (χ0n) is 18.0. The molecule has 0 radical (unpaired) electrons. The third kappa shape index (κ3) is 4.35. The fraction of sp³-hybridized carbons (Fsp3) is 0.214. The lowest BCUT2D eigenvalue weighted by molar-refractivity contribution is 0.0681. The number of hydrogen-bond acceptors (Lipinski definition) is 2. The molecule has 4 aromatic rings. The molecule has 0 aliphatic heterocycles. The summed E-state index contributed by atoms with van der Waals surface area (Å²) in [5, 5.41) is 22.6. The van der Waals surface area contributed by atoms with Crippen molar-refractivity contribution in [3.63, 3.8) is 0 Å². The molecule has 4 heteroatoms. The molecule has 4 aromatic carbocycles. The van der Waals surface area contributed by atoms with Gasteiger partial charge in [0.05, 0.1) is 11.1 Å². The number of carbonyl (C=O) groups is 2. The standard InChI is InChI=1S/C20H20.C8H6O4/c1-2-14-7-8-16-10-11-18-17-6-4-3-5-15(17)9-12-19(18)20(16)13-14;9-7(10)5-1-2-6(4-3-5)8(11)12/h3-6,9-12,14H,2,7-8,13H2,1H3;1-4H,(H,9,10)(H,11,12). The monoisotopic (exact) mass is 426 g/mol. The van der Waals surface area contributed by atoms with E-state index in [1.165, 1.54) is 71.5 Å². The van der Waals surface area contributed by atoms with E-state index in [9.17, 15) is 9.59 Å². The summed E-state index contributed by atoms with van der Waals surface area (Å²) in [7, 11) is 0. The number of aromatic carboxylic acids is 2. The van der Waals surface area contributed by atoms with E-state index in [2.05, 4.69) is 55.5 Å². The molecule has 1 aliphatic carbocycles. The Labute approximate surface area is 187 Å². The lowest BCUT2D eigenvalue weighted by atomic mass is 9.80. The van der Waals surface area contributed by atoms with Crippen LogP contribution in [0, 0.1) is 5.92 Å². The third-order valence-corrected chi connectivity index (χ3v) is 6.41. The molecule has 0 fully saturated rings. The first kappa shape index (κ1) is 21.6. The van der Waals surface area contributed by atoms with Crippen LogP contribution in [0.2, 0.25) is 0 Å². The summed E-state index contributed by atoms with van der Waals surface area (Å²) < 4.78 is 0. The summed E-state index contributed by atoms with van der Waals surface area (Å²) in [4.78, 5) is 20.7. The molecule has 1 atom stereocenters. The number of hydrogen-bond donors (Lipinski definition) is 2. The van der Waals surface area contributed by atoms with Crippen molar-refractivity contribution in [1.29, 1.82) is 0 Å². The summed E-state index contributed by atoms with van der Waals surface area (Å²) >= 11 is 0. The minimum absolute atomic E-state index is 0.0833. The van der Waals surface area contributed by atoms with E-state index in [-0.39, 0.29) is 11.1 Å². The zero-order chi connectivity index (χ0) is 22.7. The highest BCUT2D eigenvalue weighted by Gasteiger charge is 2.19. The summed E-state index contributed by atoms with van der Waals surface area (Å²) in [6.45, 7) is 2.33. The Morgan fingerprint density at radius 2 is 1.41 bits per heavy atom. The van der Waals surface area contributed by atoms with E-state index in [0.717, 1.165) is 5.92 Å². The molecule has 1 unspecified atom stereocenters. The molecule has 0 saturated heterocycles. The molecule has 2 N–H and O–H groups in total. The molecule has 1 aliphatic rings. The maximum atomic E-state index is 10.3. The van der Waals surface area contributed by atoms with Gasteiger partial charge in [0, 0.05) is 0 Å². The van der Waals surface area contributed by atoms with E-state index in [1.807, 2.05) is 0 Å². The van der Waals surface area contributed by atoms with Crippen LogP contribution in [0.3, 0.4) is 0 Å². The minimum Gasteiger partial charge on any atom is -0.478 e. The van der Waals surface area contributed by atoms with Crippen molar-refractivity contribution in [3.05, 3.63) is 95.1 Å². The molecule has 0 saturated carbocycles. The highest BCUT2D eigenvalue weighted by Crippen LogP contribution is 2.35. The first-order valence-corrected chi connectivity index (χ1v) is 11.0. The van der Waals surface area contributed by atoms with Crippen molar-refractivity contribution >= 4 is 33.5 Å². The van der Waals surface area contributed by atoms with Gasteiger partial charge in [-0.05, 0) is 82.1 Å². The van der Waals surface area contributed by atoms with Crippen molar-refractivity contribution in [1.82, 2.24) is 0 Å². The van der Waals surface area contributed by atoms with Gasteiger partial charge in [-0.25, -0.2) is 9.59 Å². The summed E-state index contributed by atoms with van der Waals surface area (Å²) in [6, 6.07) is 23.1. The predicted molar refractivity (Wildman–Crippen MR) is 128 cm³/mol. The largest absolute Gasteiger partial charge is 0.478 e. The number of carboxylic acid groups (broad SMARTS) is 2. The van der Waals surface area contributed by atoms with Crippen LogP contribution in [-0.2, 0) is 12.8 Å². The highest BCUT2D eigenvalue weighted by atomic mass is 16.4. The molecule has 5 rings (SSSR count). The van der Waals surface area contributed by atoms with Crippen LogP contribution in [-0.4, -0.2) is 22.2 Å². The van der Waals surface area contributed by atoms with Gasteiger partial charge in [-0.15, -0.1) is 0 Å². The molecule has 0 heterocycles. The molecule has 0 aromatic heterocycles. The second-order valence-electron chi connectivity index (χ2n) is 8.29. The van der Waals surface area contributed by atoms with Crippen molar-refractivity contribution in [2.24, 2.45) is 5.92 Å². The van der Waals surface area contributed by atoms with Gasteiger partial charge in [-0.2, -0.15) is 0 Å². The summed E-state index contributed by atoms with van der Waals surface area (Å²) in [5.41, 5.74) is 3.36. The summed E-state index contributed by atoms with van der Waals surface area (Å²) in [5.74, 6) is -1.25. The van der Waals surface area contributed by atoms with Crippen molar-refractivity contribution in [2.45, 2.75) is 32.6 Å². The Bertz CT molecular complexity index is 1260. The molecule has 162 valence electrons. The van der Waals surface area contributed by atoms with Crippen molar-refractivity contribution in [3.8, 4) is 0 Å². The van der Waals surface area contributed by atoms with E-state index in [1.54, 1.807) is 11.1 Å². The van der Waals surface area contributed by atoms with Crippen LogP contribution in [0.1, 0.15) is 51.6 Å². The van der Waals surface area contributed by atoms with Gasteiger partial charge in [0.25, 0.3) is 0 Å². The van der Waals surface area contributed by atoms with E-state index in [0.29, 0.717) is 0 Å². The van der Waals surface area contributed by atoms with Gasteiger partial charge in [0.2, 0.25) is 0 Å². The quantitative estimate of drug-likeness (QED) is 0.362. The third-order valence-electron chi connectivity index (χ3n) is 6.41. The zero-order valence-corrected chi connectivity index (χ0v) is 18.0. The van der Waals surface area contributed by atoms with E-state index >= 15 is 0 Å². The first-order chi connectivity index (χ1) is 15.5. The fourth-order valence-corrected chi connectivity index (χ4v) is 4.53. The Morgan fingerprint density at radius 3 is 2.03 bits per heavy atom. The summed E-state index contributed by atoms with van der Waals surface area (Å²) in [6.07, 6.45) is 5.20. The maximum Gasteiger partial charge on any atom is 0.335 e. The molecule has 32 heavy (non-hydrogen) atoms. The van der Waals surface area contributed by atoms with Crippen molar-refractivity contribution < 1.29 is 19.8 Å². The van der Waals surface area contributed by atoms with Gasteiger partial charge in [-0.3, -0.25) is 0 Å². The molecule has 4 nitrogen and oxygen atoms in total. The number of rotatable bonds is 3. The van der Waals surface area contributed by atoms with Gasteiger partial charge >= 0.3 is 11.9 Å². The van der Waals surface area contributed by atoms with Gasteiger partial charge in [0.1, 0.15) is 0 Å². The molecule has 0 spiro atoms. The maximum absolute atomic E-state index is 10.3. The smallest absolute Gasteiger partial charge is 0.335 e. The van der Waals surface area contributed by atoms with Crippen molar-refractivity contribution in [2.75, 3.05) is 0 Å². The Kier molecular flexibility index (Phi) is 6.22. The van der Waals surface area contributed by atoms with Crippen LogP contribution < -0.4 is 0 Å². The lowest BCUT2D eigenvalue weighted by Crippen LogP contribution is -2.13. The first-order valence-electron chi connectivity index (χ1n) is 11.0. The predicted octanol–water partition coefficient (Wildman–Crippen LogP) is 6.59. The van der Waals surface area contributed by atoms with Crippen LogP contribution >= 0.6 is 0 Å². The number of benzene rings is 4. The lowest BCUT2D eigenvalue weighted by Gasteiger charge is -2.25. The number of fused-ring (bicyclic) bond motifs is 5. The number of carboxylic acids is 2. The van der Waals surface area contributed by atoms with Crippen LogP contribution in [0.15, 0.2) is 72.8 Å². The second-order valence-corrected chi connectivity index (χ2v) is 8.29. The van der Waals surface area contributed by atoms with Gasteiger partial charge < -0.3 is 10.2 Å². The average Bonchev–Trinajstić information content (AvgIpc) is 2.83. The molecular formula is C28H26O4. The van der Waals surface area contributed by atoms with Crippen LogP contribution in [0.5, 0.6) is 0 Å². The van der Waals surface area contributed by atoms with E-state index in [4.69, 9.17) is 10.2 Å². The van der Waals surface area contributed by atoms with E-state index < -0.39 is 11.9 Å². The minimum atomic E-state index is -1.06. The Balaban J connectivity index is 0.000000176. The Morgan fingerprint density at radius 1 is 0.781 bits per heavy atom. The number of aryl methyl sites for hydroxylation is 1. The van der Waals surface area contributed by atoms with Gasteiger partial charge in [-0.1, -0.05) is 61.9 Å². The Hall–Kier alpha value is -3.66. The topological polar surface area (TPSA) is 74.6 Å². The second kappa shape index (κ2) is 9.23.